The highest BCUT2D eigenvalue weighted by Gasteiger charge is 2.40. The van der Waals surface area contributed by atoms with E-state index in [0.717, 1.165) is 11.5 Å². The number of nitrogens with zero attached hydrogens (tertiary/aromatic N) is 1. The van der Waals surface area contributed by atoms with Crippen LogP contribution >= 0.6 is 0 Å². The summed E-state index contributed by atoms with van der Waals surface area (Å²) in [5, 5.41) is 3.47. The average molecular weight is 208 g/mol. The molecule has 86 valence electrons. The van der Waals surface area contributed by atoms with Crippen molar-refractivity contribution in [3.8, 4) is 0 Å². The molecule has 15 heavy (non-hydrogen) atoms. The molecule has 2 aliphatic heterocycles. The van der Waals surface area contributed by atoms with Crippen LogP contribution in [0.3, 0.4) is 0 Å². The van der Waals surface area contributed by atoms with E-state index >= 15 is 0 Å². The Labute approximate surface area is 93.4 Å². The van der Waals surface area contributed by atoms with Gasteiger partial charge < -0.3 is 10.2 Å². The van der Waals surface area contributed by atoms with Crippen molar-refractivity contribution >= 4 is 0 Å². The molecule has 2 nitrogen and oxygen atoms in total. The summed E-state index contributed by atoms with van der Waals surface area (Å²) in [5.74, 6) is 0. The summed E-state index contributed by atoms with van der Waals surface area (Å²) < 4.78 is 0. The maximum atomic E-state index is 3.47. The van der Waals surface area contributed by atoms with Gasteiger partial charge in [-0.1, -0.05) is 6.42 Å². The lowest BCUT2D eigenvalue weighted by atomic mass is 9.63. The molecule has 3 fully saturated rings. The van der Waals surface area contributed by atoms with Gasteiger partial charge in [0.2, 0.25) is 0 Å². The first kappa shape index (κ1) is 10.1. The van der Waals surface area contributed by atoms with Gasteiger partial charge in [0.05, 0.1) is 0 Å². The van der Waals surface area contributed by atoms with Crippen LogP contribution in [0.4, 0.5) is 0 Å². The second-order valence-corrected chi connectivity index (χ2v) is 5.87. The maximum Gasteiger partial charge on any atom is 0.0119 e. The van der Waals surface area contributed by atoms with Crippen molar-refractivity contribution in [1.82, 2.24) is 10.2 Å². The normalized spacial score (nSPS) is 32.8. The lowest BCUT2D eigenvalue weighted by Gasteiger charge is -2.50. The van der Waals surface area contributed by atoms with Gasteiger partial charge in [0.1, 0.15) is 0 Å². The van der Waals surface area contributed by atoms with Crippen LogP contribution < -0.4 is 5.32 Å². The van der Waals surface area contributed by atoms with Crippen molar-refractivity contribution in [2.45, 2.75) is 51.0 Å². The first-order valence-corrected chi connectivity index (χ1v) is 6.83. The first-order chi connectivity index (χ1) is 7.38. The monoisotopic (exact) mass is 208 g/mol. The van der Waals surface area contributed by atoms with Crippen molar-refractivity contribution in [3.63, 3.8) is 0 Å². The topological polar surface area (TPSA) is 15.3 Å². The van der Waals surface area contributed by atoms with Gasteiger partial charge >= 0.3 is 0 Å². The van der Waals surface area contributed by atoms with Crippen LogP contribution in [0.25, 0.3) is 0 Å². The van der Waals surface area contributed by atoms with Crippen molar-refractivity contribution in [2.24, 2.45) is 5.41 Å². The van der Waals surface area contributed by atoms with Gasteiger partial charge in [0.25, 0.3) is 0 Å². The van der Waals surface area contributed by atoms with E-state index in [1.54, 1.807) is 0 Å². The molecule has 0 aromatic carbocycles. The quantitative estimate of drug-likeness (QED) is 0.709. The van der Waals surface area contributed by atoms with Gasteiger partial charge in [0, 0.05) is 6.04 Å². The van der Waals surface area contributed by atoms with Crippen LogP contribution in [-0.4, -0.2) is 37.1 Å². The lowest BCUT2D eigenvalue weighted by molar-refractivity contribution is 0.0103. The Morgan fingerprint density at radius 1 is 0.933 bits per heavy atom. The molecule has 0 aromatic rings. The van der Waals surface area contributed by atoms with Gasteiger partial charge in [-0.25, -0.2) is 0 Å². The third-order valence-electron chi connectivity index (χ3n) is 5.10. The SMILES string of the molecule is C1CC2(C1)CCN(C1CCNCC1)CC2. The summed E-state index contributed by atoms with van der Waals surface area (Å²) >= 11 is 0. The van der Waals surface area contributed by atoms with Gasteiger partial charge in [-0.15, -0.1) is 0 Å². The summed E-state index contributed by atoms with van der Waals surface area (Å²) in [5.41, 5.74) is 0.823. The van der Waals surface area contributed by atoms with Crippen LogP contribution in [0.2, 0.25) is 0 Å². The molecule has 2 saturated heterocycles. The predicted octanol–water partition coefficient (Wildman–Crippen LogP) is 2.00. The molecule has 1 spiro atoms. The number of likely N-dealkylation sites (tertiary alicyclic amines) is 1. The van der Waals surface area contributed by atoms with E-state index < -0.39 is 0 Å². The lowest BCUT2D eigenvalue weighted by Crippen LogP contribution is -2.50. The summed E-state index contributed by atoms with van der Waals surface area (Å²) in [7, 11) is 0. The highest BCUT2D eigenvalue weighted by Crippen LogP contribution is 2.49. The molecule has 0 amide bonds. The molecule has 2 heterocycles. The minimum Gasteiger partial charge on any atom is -0.317 e. The molecule has 0 aromatic heterocycles. The number of hydrogen-bond donors (Lipinski definition) is 1. The van der Waals surface area contributed by atoms with Crippen LogP contribution in [0, 0.1) is 5.41 Å². The summed E-state index contributed by atoms with van der Waals surface area (Å²) in [4.78, 5) is 2.78. The number of hydrogen-bond acceptors (Lipinski definition) is 2. The van der Waals surface area contributed by atoms with E-state index in [1.807, 2.05) is 0 Å². The maximum absolute atomic E-state index is 3.47. The predicted molar refractivity (Wildman–Crippen MR) is 63.0 cm³/mol. The van der Waals surface area contributed by atoms with Gasteiger partial charge in [-0.05, 0) is 70.1 Å². The molecule has 1 N–H and O–H groups in total. The second kappa shape index (κ2) is 4.06. The van der Waals surface area contributed by atoms with Crippen LogP contribution in [0.5, 0.6) is 0 Å². The Morgan fingerprint density at radius 2 is 1.60 bits per heavy atom. The van der Waals surface area contributed by atoms with Crippen LogP contribution in [0.1, 0.15) is 44.9 Å². The molecule has 0 bridgehead atoms. The standard InChI is InChI=1S/C13H24N2/c1-4-13(5-1)6-10-15(11-7-13)12-2-8-14-9-3-12/h12,14H,1-11H2. The van der Waals surface area contributed by atoms with E-state index in [0.29, 0.717) is 0 Å². The fourth-order valence-electron chi connectivity index (χ4n) is 3.71. The highest BCUT2D eigenvalue weighted by atomic mass is 15.2. The van der Waals surface area contributed by atoms with Crippen molar-refractivity contribution in [1.29, 1.82) is 0 Å². The molecule has 0 unspecified atom stereocenters. The number of piperidine rings is 2. The summed E-state index contributed by atoms with van der Waals surface area (Å²) in [6.45, 7) is 5.27. The largest absolute Gasteiger partial charge is 0.317 e. The Balaban J connectivity index is 1.52. The number of nitrogens with one attached hydrogen (secondary N) is 1. The third-order valence-corrected chi connectivity index (χ3v) is 5.10. The smallest absolute Gasteiger partial charge is 0.0119 e. The van der Waals surface area contributed by atoms with E-state index in [-0.39, 0.29) is 0 Å². The first-order valence-electron chi connectivity index (χ1n) is 6.83. The zero-order valence-electron chi connectivity index (χ0n) is 9.80. The Morgan fingerprint density at radius 3 is 2.13 bits per heavy atom. The molecule has 1 saturated carbocycles. The Bertz CT molecular complexity index is 207. The minimum absolute atomic E-state index is 0.823. The fourth-order valence-corrected chi connectivity index (χ4v) is 3.71. The Hall–Kier alpha value is -0.0800. The minimum atomic E-state index is 0.823. The van der Waals surface area contributed by atoms with Crippen LogP contribution in [-0.2, 0) is 0 Å². The van der Waals surface area contributed by atoms with Crippen molar-refractivity contribution < 1.29 is 0 Å². The Kier molecular flexibility index (Phi) is 2.73. The molecule has 3 aliphatic rings. The highest BCUT2D eigenvalue weighted by molar-refractivity contribution is 4.93. The molecule has 3 rings (SSSR count). The third kappa shape index (κ3) is 1.94. The van der Waals surface area contributed by atoms with Gasteiger partial charge in [0.15, 0.2) is 0 Å². The molecular weight excluding hydrogens is 184 g/mol. The molecule has 1 aliphatic carbocycles. The van der Waals surface area contributed by atoms with Crippen molar-refractivity contribution in [2.75, 3.05) is 26.2 Å². The summed E-state index contributed by atoms with van der Waals surface area (Å²) in [6.07, 6.45) is 10.3. The van der Waals surface area contributed by atoms with Crippen LogP contribution in [0.15, 0.2) is 0 Å². The van der Waals surface area contributed by atoms with E-state index in [1.165, 1.54) is 71.1 Å². The molecule has 0 radical (unpaired) electrons. The zero-order valence-corrected chi connectivity index (χ0v) is 9.80. The van der Waals surface area contributed by atoms with E-state index in [4.69, 9.17) is 0 Å². The molecule has 0 atom stereocenters. The fraction of sp³-hybridized carbons (Fsp3) is 1.00. The summed E-state index contributed by atoms with van der Waals surface area (Å²) in [6, 6.07) is 0.906. The number of rotatable bonds is 1. The van der Waals surface area contributed by atoms with Crippen molar-refractivity contribution in [3.05, 3.63) is 0 Å². The average Bonchev–Trinajstić information content (AvgIpc) is 2.28. The molecule has 2 heteroatoms. The zero-order chi connectivity index (χ0) is 10.1. The van der Waals surface area contributed by atoms with Gasteiger partial charge in [-0.3, -0.25) is 0 Å². The van der Waals surface area contributed by atoms with E-state index in [2.05, 4.69) is 10.2 Å². The van der Waals surface area contributed by atoms with Gasteiger partial charge in [-0.2, -0.15) is 0 Å². The second-order valence-electron chi connectivity index (χ2n) is 5.87. The molecular formula is C13H24N2. The van der Waals surface area contributed by atoms with E-state index in [9.17, 15) is 0 Å².